The van der Waals surface area contributed by atoms with Crippen molar-refractivity contribution in [2.24, 2.45) is 0 Å². The number of non-ortho nitro benzene ring substituents is 1. The highest BCUT2D eigenvalue weighted by Gasteiger charge is 2.04. The van der Waals surface area contributed by atoms with Crippen LogP contribution in [0.3, 0.4) is 0 Å². The number of nitrogens with zero attached hydrogens (tertiary/aromatic N) is 1. The lowest BCUT2D eigenvalue weighted by atomic mass is 10.1. The fourth-order valence-corrected chi connectivity index (χ4v) is 3.34. The van der Waals surface area contributed by atoms with Crippen molar-refractivity contribution in [3.8, 4) is 11.5 Å². The SMILES string of the molecule is O=Cc1cccc(OCCCCCCCCCCCCOc2ccc([N+](=O)[O-])cc2)c1. The zero-order valence-corrected chi connectivity index (χ0v) is 18.2. The Bertz CT molecular complexity index is 776. The molecule has 0 aliphatic carbocycles. The molecule has 0 aliphatic rings. The molecule has 6 heteroatoms. The lowest BCUT2D eigenvalue weighted by Crippen LogP contribution is -1.98. The van der Waals surface area contributed by atoms with E-state index in [2.05, 4.69) is 0 Å². The second-order valence-electron chi connectivity index (χ2n) is 7.67. The normalized spacial score (nSPS) is 10.6. The van der Waals surface area contributed by atoms with E-state index in [0.717, 1.165) is 31.3 Å². The van der Waals surface area contributed by atoms with E-state index in [1.807, 2.05) is 12.1 Å². The van der Waals surface area contributed by atoms with Crippen LogP contribution in [0.2, 0.25) is 0 Å². The van der Waals surface area contributed by atoms with Gasteiger partial charge in [0.05, 0.1) is 18.1 Å². The van der Waals surface area contributed by atoms with Crippen LogP contribution in [0.5, 0.6) is 11.5 Å². The monoisotopic (exact) mass is 427 g/mol. The van der Waals surface area contributed by atoms with Crippen molar-refractivity contribution in [3.63, 3.8) is 0 Å². The predicted molar refractivity (Wildman–Crippen MR) is 122 cm³/mol. The average molecular weight is 428 g/mol. The average Bonchev–Trinajstić information content (AvgIpc) is 2.79. The minimum absolute atomic E-state index is 0.0852. The molecule has 0 spiro atoms. The van der Waals surface area contributed by atoms with Crippen molar-refractivity contribution in [2.75, 3.05) is 13.2 Å². The van der Waals surface area contributed by atoms with Crippen LogP contribution in [-0.2, 0) is 0 Å². The largest absolute Gasteiger partial charge is 0.494 e. The third-order valence-electron chi connectivity index (χ3n) is 5.12. The highest BCUT2D eigenvalue weighted by molar-refractivity contribution is 5.75. The van der Waals surface area contributed by atoms with Crippen LogP contribution in [0.4, 0.5) is 5.69 Å². The van der Waals surface area contributed by atoms with Gasteiger partial charge in [-0.15, -0.1) is 0 Å². The Kier molecular flexibility index (Phi) is 11.8. The topological polar surface area (TPSA) is 78.7 Å². The lowest BCUT2D eigenvalue weighted by molar-refractivity contribution is -0.384. The van der Waals surface area contributed by atoms with E-state index in [9.17, 15) is 14.9 Å². The number of rotatable bonds is 17. The highest BCUT2D eigenvalue weighted by atomic mass is 16.6. The highest BCUT2D eigenvalue weighted by Crippen LogP contribution is 2.18. The maximum atomic E-state index is 10.7. The van der Waals surface area contributed by atoms with Crippen LogP contribution >= 0.6 is 0 Å². The third-order valence-corrected chi connectivity index (χ3v) is 5.12. The molecule has 0 atom stereocenters. The van der Waals surface area contributed by atoms with Gasteiger partial charge in [0, 0.05) is 17.7 Å². The molecule has 0 aliphatic heterocycles. The summed E-state index contributed by atoms with van der Waals surface area (Å²) in [5.74, 6) is 1.45. The molecule has 6 nitrogen and oxygen atoms in total. The first-order valence-electron chi connectivity index (χ1n) is 11.2. The van der Waals surface area contributed by atoms with E-state index in [-0.39, 0.29) is 5.69 Å². The van der Waals surface area contributed by atoms with Crippen molar-refractivity contribution in [2.45, 2.75) is 64.2 Å². The number of unbranched alkanes of at least 4 members (excludes halogenated alkanes) is 9. The molecule has 0 fully saturated rings. The van der Waals surface area contributed by atoms with E-state index >= 15 is 0 Å². The standard InChI is InChI=1S/C25H33NO5/c27-21-22-12-11-13-25(20-22)31-19-10-8-6-4-2-1-3-5-7-9-18-30-24-16-14-23(15-17-24)26(28)29/h11-17,20-21H,1-10,18-19H2. The van der Waals surface area contributed by atoms with E-state index in [1.165, 1.54) is 57.1 Å². The zero-order valence-electron chi connectivity index (χ0n) is 18.2. The van der Waals surface area contributed by atoms with E-state index < -0.39 is 4.92 Å². The van der Waals surface area contributed by atoms with Gasteiger partial charge in [0.1, 0.15) is 17.8 Å². The summed E-state index contributed by atoms with van der Waals surface area (Å²) in [6, 6.07) is 13.5. The minimum atomic E-state index is -0.407. The summed E-state index contributed by atoms with van der Waals surface area (Å²) in [6.07, 6.45) is 12.7. The van der Waals surface area contributed by atoms with Gasteiger partial charge in [0.15, 0.2) is 0 Å². The van der Waals surface area contributed by atoms with Crippen LogP contribution in [0, 0.1) is 10.1 Å². The number of hydrogen-bond acceptors (Lipinski definition) is 5. The molecule has 0 aromatic heterocycles. The minimum Gasteiger partial charge on any atom is -0.494 e. The summed E-state index contributed by atoms with van der Waals surface area (Å²) in [5, 5.41) is 10.6. The van der Waals surface area contributed by atoms with Gasteiger partial charge in [0.2, 0.25) is 0 Å². The summed E-state index contributed by atoms with van der Waals surface area (Å²) in [4.78, 5) is 21.0. The number of nitro groups is 1. The van der Waals surface area contributed by atoms with Crippen LogP contribution in [0.25, 0.3) is 0 Å². The Labute approximate surface area is 184 Å². The fourth-order valence-electron chi connectivity index (χ4n) is 3.34. The Morgan fingerprint density at radius 1 is 0.710 bits per heavy atom. The van der Waals surface area contributed by atoms with E-state index in [4.69, 9.17) is 9.47 Å². The molecule has 168 valence electrons. The molecule has 0 N–H and O–H groups in total. The van der Waals surface area contributed by atoms with Crippen LogP contribution in [-0.4, -0.2) is 24.4 Å². The Balaban J connectivity index is 1.35. The van der Waals surface area contributed by atoms with Crippen molar-refractivity contribution in [3.05, 3.63) is 64.2 Å². The fraction of sp³-hybridized carbons (Fsp3) is 0.480. The molecule has 0 bridgehead atoms. The van der Waals surface area contributed by atoms with Crippen molar-refractivity contribution in [1.82, 2.24) is 0 Å². The van der Waals surface area contributed by atoms with Crippen molar-refractivity contribution < 1.29 is 19.2 Å². The van der Waals surface area contributed by atoms with Gasteiger partial charge >= 0.3 is 0 Å². The molecular weight excluding hydrogens is 394 g/mol. The molecule has 31 heavy (non-hydrogen) atoms. The molecule has 0 unspecified atom stereocenters. The van der Waals surface area contributed by atoms with Gasteiger partial charge in [-0.1, -0.05) is 63.5 Å². The van der Waals surface area contributed by atoms with E-state index in [0.29, 0.717) is 24.5 Å². The number of benzene rings is 2. The first-order chi connectivity index (χ1) is 15.2. The molecule has 2 rings (SSSR count). The summed E-state index contributed by atoms with van der Waals surface area (Å²) < 4.78 is 11.3. The number of hydrogen-bond donors (Lipinski definition) is 0. The smallest absolute Gasteiger partial charge is 0.269 e. The predicted octanol–water partition coefficient (Wildman–Crippen LogP) is 6.77. The maximum Gasteiger partial charge on any atom is 0.269 e. The lowest BCUT2D eigenvalue weighted by Gasteiger charge is -2.07. The summed E-state index contributed by atoms with van der Waals surface area (Å²) in [6.45, 7) is 1.35. The number of carbonyl (C=O) groups excluding carboxylic acids is 1. The number of ether oxygens (including phenoxy) is 2. The second-order valence-corrected chi connectivity index (χ2v) is 7.67. The van der Waals surface area contributed by atoms with Gasteiger partial charge in [-0.25, -0.2) is 0 Å². The van der Waals surface area contributed by atoms with Gasteiger partial charge in [0.25, 0.3) is 5.69 Å². The molecule has 0 saturated heterocycles. The zero-order chi connectivity index (χ0) is 22.2. The molecule has 0 amide bonds. The molecular formula is C25H33NO5. The molecule has 2 aromatic rings. The quantitative estimate of drug-likeness (QED) is 0.120. The van der Waals surface area contributed by atoms with Gasteiger partial charge in [-0.3, -0.25) is 14.9 Å². The summed E-state index contributed by atoms with van der Waals surface area (Å²) in [5.41, 5.74) is 0.733. The number of aldehydes is 1. The third kappa shape index (κ3) is 10.6. The number of carbonyl (C=O) groups is 1. The first-order valence-corrected chi connectivity index (χ1v) is 11.2. The van der Waals surface area contributed by atoms with Crippen LogP contribution in [0.15, 0.2) is 48.5 Å². The number of nitro benzene ring substituents is 1. The Morgan fingerprint density at radius 3 is 1.74 bits per heavy atom. The molecule has 0 heterocycles. The van der Waals surface area contributed by atoms with Crippen LogP contribution < -0.4 is 9.47 Å². The molecule has 0 saturated carbocycles. The Hall–Kier alpha value is -2.89. The van der Waals surface area contributed by atoms with Gasteiger partial charge in [-0.2, -0.15) is 0 Å². The first kappa shape index (κ1) is 24.4. The summed E-state index contributed by atoms with van der Waals surface area (Å²) in [7, 11) is 0. The summed E-state index contributed by atoms with van der Waals surface area (Å²) >= 11 is 0. The van der Waals surface area contributed by atoms with Gasteiger partial charge < -0.3 is 9.47 Å². The molecule has 0 radical (unpaired) electrons. The second kappa shape index (κ2) is 15.0. The Morgan fingerprint density at radius 2 is 1.23 bits per heavy atom. The van der Waals surface area contributed by atoms with Crippen molar-refractivity contribution >= 4 is 12.0 Å². The van der Waals surface area contributed by atoms with Gasteiger partial charge in [-0.05, 0) is 37.1 Å². The van der Waals surface area contributed by atoms with Crippen LogP contribution in [0.1, 0.15) is 74.6 Å². The van der Waals surface area contributed by atoms with Crippen molar-refractivity contribution in [1.29, 1.82) is 0 Å². The van der Waals surface area contributed by atoms with E-state index in [1.54, 1.807) is 24.3 Å². The molecule has 2 aromatic carbocycles. The maximum absolute atomic E-state index is 10.7.